The van der Waals surface area contributed by atoms with Crippen LogP contribution in [0.1, 0.15) is 64.7 Å². The number of unbranched alkanes of at least 4 members (excludes halogenated alkanes) is 3. The van der Waals surface area contributed by atoms with Crippen molar-refractivity contribution in [3.05, 3.63) is 0 Å². The van der Waals surface area contributed by atoms with Gasteiger partial charge in [0.25, 0.3) is 0 Å². The molecule has 0 radical (unpaired) electrons. The molecule has 0 atom stereocenters. The quantitative estimate of drug-likeness (QED) is 0.499. The maximum atomic E-state index is 4.25. The summed E-state index contributed by atoms with van der Waals surface area (Å²) in [6, 6.07) is 0.877. The van der Waals surface area contributed by atoms with Gasteiger partial charge in [0.15, 0.2) is 0 Å². The predicted molar refractivity (Wildman–Crippen MR) is 81.0 cm³/mol. The van der Waals surface area contributed by atoms with Gasteiger partial charge < -0.3 is 4.90 Å². The minimum Gasteiger partial charge on any atom is -0.303 e. The lowest BCUT2D eigenvalue weighted by Crippen LogP contribution is -2.35. The maximum absolute atomic E-state index is 4.25. The molecule has 0 aliphatic heterocycles. The Hall–Kier alpha value is 0.310. The summed E-state index contributed by atoms with van der Waals surface area (Å²) in [6.07, 6.45) is 12.6. The molecule has 0 aromatic rings. The maximum Gasteiger partial charge on any atom is 0.00924 e. The van der Waals surface area contributed by atoms with E-state index in [2.05, 4.69) is 31.5 Å². The largest absolute Gasteiger partial charge is 0.303 e. The minimum atomic E-state index is 0.877. The van der Waals surface area contributed by atoms with E-state index in [0.29, 0.717) is 0 Å². The molecule has 0 amide bonds. The van der Waals surface area contributed by atoms with Crippen LogP contribution in [-0.2, 0) is 0 Å². The lowest BCUT2D eigenvalue weighted by Gasteiger charge is -2.34. The minimum absolute atomic E-state index is 0.877. The van der Waals surface area contributed by atoms with Crippen LogP contribution in [0.2, 0.25) is 0 Å². The molecule has 1 nitrogen and oxygen atoms in total. The van der Waals surface area contributed by atoms with E-state index in [1.807, 2.05) is 0 Å². The summed E-state index contributed by atoms with van der Waals surface area (Å²) >= 11 is 4.25. The molecule has 0 N–H and O–H groups in total. The lowest BCUT2D eigenvalue weighted by atomic mass is 9.84. The summed E-state index contributed by atoms with van der Waals surface area (Å²) in [7, 11) is 2.33. The van der Waals surface area contributed by atoms with Gasteiger partial charge in [0.1, 0.15) is 0 Å². The zero-order valence-corrected chi connectivity index (χ0v) is 12.7. The molecule has 0 bridgehead atoms. The molecule has 0 heterocycles. The van der Waals surface area contributed by atoms with E-state index in [1.54, 1.807) is 0 Å². The molecule has 1 saturated carbocycles. The van der Waals surface area contributed by atoms with Gasteiger partial charge in [-0.15, -0.1) is 0 Å². The second-order valence-electron chi connectivity index (χ2n) is 5.70. The van der Waals surface area contributed by atoms with Crippen LogP contribution in [0.25, 0.3) is 0 Å². The molecule has 0 aromatic heterocycles. The molecule has 1 rings (SSSR count). The van der Waals surface area contributed by atoms with E-state index in [4.69, 9.17) is 0 Å². The van der Waals surface area contributed by atoms with Crippen molar-refractivity contribution in [3.8, 4) is 0 Å². The van der Waals surface area contributed by atoms with Crippen molar-refractivity contribution in [2.75, 3.05) is 19.3 Å². The first kappa shape index (κ1) is 15.4. The Kier molecular flexibility index (Phi) is 8.38. The van der Waals surface area contributed by atoms with Crippen LogP contribution in [0, 0.1) is 5.92 Å². The van der Waals surface area contributed by atoms with Crippen LogP contribution < -0.4 is 0 Å². The third-order valence-corrected chi connectivity index (χ3v) is 4.75. The summed E-state index contributed by atoms with van der Waals surface area (Å²) in [6.45, 7) is 3.64. The fraction of sp³-hybridized carbons (Fsp3) is 1.00. The molecule has 1 fully saturated rings. The molecule has 0 aromatic carbocycles. The average molecular weight is 257 g/mol. The fourth-order valence-corrected chi connectivity index (χ4v) is 3.23. The van der Waals surface area contributed by atoms with Gasteiger partial charge in [-0.2, -0.15) is 12.6 Å². The van der Waals surface area contributed by atoms with Gasteiger partial charge in [0.05, 0.1) is 0 Å². The Morgan fingerprint density at radius 1 is 1.00 bits per heavy atom. The number of thiol groups is 1. The van der Waals surface area contributed by atoms with Crippen LogP contribution in [-0.4, -0.2) is 30.3 Å². The van der Waals surface area contributed by atoms with E-state index in [0.717, 1.165) is 17.7 Å². The van der Waals surface area contributed by atoms with Crippen molar-refractivity contribution in [2.45, 2.75) is 70.8 Å². The first-order valence-electron chi connectivity index (χ1n) is 7.59. The van der Waals surface area contributed by atoms with Gasteiger partial charge in [0, 0.05) is 6.04 Å². The lowest BCUT2D eigenvalue weighted by molar-refractivity contribution is 0.161. The van der Waals surface area contributed by atoms with Crippen LogP contribution in [0.5, 0.6) is 0 Å². The third kappa shape index (κ3) is 6.15. The van der Waals surface area contributed by atoms with E-state index in [9.17, 15) is 0 Å². The van der Waals surface area contributed by atoms with Crippen LogP contribution in [0.15, 0.2) is 0 Å². The van der Waals surface area contributed by atoms with Gasteiger partial charge in [-0.25, -0.2) is 0 Å². The fourth-order valence-electron chi connectivity index (χ4n) is 3.00. The van der Waals surface area contributed by atoms with Crippen molar-refractivity contribution in [1.82, 2.24) is 4.90 Å². The molecule has 1 aliphatic rings. The normalized spacial score (nSPS) is 25.4. The summed E-state index contributed by atoms with van der Waals surface area (Å²) in [4.78, 5) is 2.62. The van der Waals surface area contributed by atoms with Crippen molar-refractivity contribution in [2.24, 2.45) is 5.92 Å². The Morgan fingerprint density at radius 2 is 1.65 bits per heavy atom. The van der Waals surface area contributed by atoms with Gasteiger partial charge in [-0.05, 0) is 63.8 Å². The Labute approximate surface area is 114 Å². The average Bonchev–Trinajstić information content (AvgIpc) is 2.38. The topological polar surface area (TPSA) is 3.24 Å². The van der Waals surface area contributed by atoms with Gasteiger partial charge in [-0.3, -0.25) is 0 Å². The van der Waals surface area contributed by atoms with Crippen LogP contribution in [0.3, 0.4) is 0 Å². The first-order valence-corrected chi connectivity index (χ1v) is 8.22. The van der Waals surface area contributed by atoms with E-state index < -0.39 is 0 Å². The number of rotatable bonds is 8. The van der Waals surface area contributed by atoms with Crippen molar-refractivity contribution in [1.29, 1.82) is 0 Å². The number of hydrogen-bond acceptors (Lipinski definition) is 2. The molecular formula is C15H31NS. The van der Waals surface area contributed by atoms with E-state index >= 15 is 0 Å². The second kappa shape index (κ2) is 9.27. The standard InChI is InChI=1S/C15H31NS/c1-3-14-8-10-15(11-9-14)16(2)12-6-4-5-7-13-17/h14-15,17H,3-13H2,1-2H3. The van der Waals surface area contributed by atoms with Gasteiger partial charge >= 0.3 is 0 Å². The molecule has 17 heavy (non-hydrogen) atoms. The van der Waals surface area contributed by atoms with Crippen molar-refractivity contribution >= 4 is 12.6 Å². The highest BCUT2D eigenvalue weighted by molar-refractivity contribution is 7.80. The highest BCUT2D eigenvalue weighted by Gasteiger charge is 2.22. The predicted octanol–water partition coefficient (Wildman–Crippen LogP) is 4.38. The molecular weight excluding hydrogens is 226 g/mol. The van der Waals surface area contributed by atoms with Crippen molar-refractivity contribution < 1.29 is 0 Å². The molecule has 0 spiro atoms. The second-order valence-corrected chi connectivity index (χ2v) is 6.15. The molecule has 0 unspecified atom stereocenters. The summed E-state index contributed by atoms with van der Waals surface area (Å²) in [5.41, 5.74) is 0. The highest BCUT2D eigenvalue weighted by Crippen LogP contribution is 2.28. The smallest absolute Gasteiger partial charge is 0.00924 e. The van der Waals surface area contributed by atoms with Gasteiger partial charge in [0.2, 0.25) is 0 Å². The van der Waals surface area contributed by atoms with E-state index in [1.165, 1.54) is 64.3 Å². The zero-order valence-electron chi connectivity index (χ0n) is 11.8. The summed E-state index contributed by atoms with van der Waals surface area (Å²) in [5, 5.41) is 0. The monoisotopic (exact) mass is 257 g/mol. The Bertz CT molecular complexity index is 176. The Balaban J connectivity index is 2.05. The Morgan fingerprint density at radius 3 is 2.24 bits per heavy atom. The van der Waals surface area contributed by atoms with E-state index in [-0.39, 0.29) is 0 Å². The van der Waals surface area contributed by atoms with Crippen LogP contribution in [0.4, 0.5) is 0 Å². The third-order valence-electron chi connectivity index (χ3n) is 4.44. The first-order chi connectivity index (χ1) is 8.27. The number of hydrogen-bond donors (Lipinski definition) is 1. The number of nitrogens with zero attached hydrogens (tertiary/aromatic N) is 1. The van der Waals surface area contributed by atoms with Gasteiger partial charge in [-0.1, -0.05) is 26.2 Å². The SMILES string of the molecule is CCC1CCC(N(C)CCCCCCS)CC1. The molecule has 102 valence electrons. The highest BCUT2D eigenvalue weighted by atomic mass is 32.1. The summed E-state index contributed by atoms with van der Waals surface area (Å²) in [5.74, 6) is 2.08. The molecule has 0 saturated heterocycles. The van der Waals surface area contributed by atoms with Crippen molar-refractivity contribution in [3.63, 3.8) is 0 Å². The summed E-state index contributed by atoms with van der Waals surface area (Å²) < 4.78 is 0. The molecule has 1 aliphatic carbocycles. The zero-order chi connectivity index (χ0) is 12.5. The molecule has 2 heteroatoms. The van der Waals surface area contributed by atoms with Crippen LogP contribution >= 0.6 is 12.6 Å².